The molecule has 2 atom stereocenters. The number of carbonyl (C=O) groups excluding carboxylic acids is 2. The first-order valence-electron chi connectivity index (χ1n) is 6.16. The second kappa shape index (κ2) is 5.94. The molecule has 0 saturated carbocycles. The smallest absolute Gasteiger partial charge is 0.352 e. The Bertz CT molecular complexity index is 490. The maximum absolute atomic E-state index is 11.7. The fourth-order valence-corrected chi connectivity index (χ4v) is 3.38. The third kappa shape index (κ3) is 2.72. The number of hydrogen-bond acceptors (Lipinski definition) is 6. The van der Waals surface area contributed by atoms with Crippen LogP contribution in [0.2, 0.25) is 0 Å². The zero-order valence-electron chi connectivity index (χ0n) is 11.0. The van der Waals surface area contributed by atoms with Gasteiger partial charge < -0.3 is 15.6 Å². The van der Waals surface area contributed by atoms with Crippen LogP contribution in [0.3, 0.4) is 0 Å². The summed E-state index contributed by atoms with van der Waals surface area (Å²) in [4.78, 5) is 35.0. The average molecular weight is 300 g/mol. The van der Waals surface area contributed by atoms with Gasteiger partial charge in [-0.3, -0.25) is 14.5 Å². The molecule has 0 spiro atoms. The Balaban J connectivity index is 2.06. The SMILES string of the molecule is CC(=O)CCOCC1=C(C(=O)O)N2C(=O)[C@@H](N)[C@@H]2SC1. The lowest BCUT2D eigenvalue weighted by Crippen LogP contribution is -2.68. The number of aliphatic carboxylic acids is 1. The lowest BCUT2D eigenvalue weighted by atomic mass is 10.0. The molecule has 0 bridgehead atoms. The molecule has 8 heteroatoms. The molecule has 0 aromatic rings. The quantitative estimate of drug-likeness (QED) is 0.505. The highest BCUT2D eigenvalue weighted by Gasteiger charge is 2.51. The fourth-order valence-electron chi connectivity index (χ4n) is 2.10. The Kier molecular flexibility index (Phi) is 4.46. The number of Topliss-reactive ketones (excluding diaryl/α,β-unsaturated/α-hetero) is 1. The van der Waals surface area contributed by atoms with Gasteiger partial charge >= 0.3 is 5.97 Å². The zero-order valence-corrected chi connectivity index (χ0v) is 11.8. The van der Waals surface area contributed by atoms with Gasteiger partial charge in [0.25, 0.3) is 0 Å². The number of rotatable bonds is 6. The number of nitrogens with two attached hydrogens (primary N) is 1. The minimum absolute atomic E-state index is 0.0133. The predicted molar refractivity (Wildman–Crippen MR) is 71.8 cm³/mol. The summed E-state index contributed by atoms with van der Waals surface area (Å²) in [6.07, 6.45) is 0.291. The molecule has 0 aromatic carbocycles. The maximum atomic E-state index is 11.7. The average Bonchev–Trinajstić information content (AvgIpc) is 2.41. The first kappa shape index (κ1) is 15.0. The molecular formula is C12H16N2O5S. The van der Waals surface area contributed by atoms with Crippen molar-refractivity contribution in [3.05, 3.63) is 11.3 Å². The van der Waals surface area contributed by atoms with Crippen molar-refractivity contribution in [3.8, 4) is 0 Å². The number of amides is 1. The molecule has 0 radical (unpaired) electrons. The van der Waals surface area contributed by atoms with Gasteiger partial charge in [-0.15, -0.1) is 11.8 Å². The van der Waals surface area contributed by atoms with E-state index >= 15 is 0 Å². The van der Waals surface area contributed by atoms with E-state index in [1.54, 1.807) is 0 Å². The van der Waals surface area contributed by atoms with Gasteiger partial charge in [0.2, 0.25) is 5.91 Å². The third-order valence-corrected chi connectivity index (χ3v) is 4.53. The number of hydrogen-bond donors (Lipinski definition) is 2. The Morgan fingerprint density at radius 1 is 1.55 bits per heavy atom. The lowest BCUT2D eigenvalue weighted by Gasteiger charge is -2.47. The van der Waals surface area contributed by atoms with Crippen LogP contribution in [0.15, 0.2) is 11.3 Å². The van der Waals surface area contributed by atoms with E-state index in [0.717, 1.165) is 0 Å². The minimum Gasteiger partial charge on any atom is -0.477 e. The van der Waals surface area contributed by atoms with Crippen LogP contribution in [0.1, 0.15) is 13.3 Å². The topological polar surface area (TPSA) is 110 Å². The summed E-state index contributed by atoms with van der Waals surface area (Å²) in [5, 5.41) is 8.97. The van der Waals surface area contributed by atoms with Gasteiger partial charge in [0.15, 0.2) is 0 Å². The number of carboxylic acids is 1. The first-order valence-corrected chi connectivity index (χ1v) is 7.21. The Labute approximate surface area is 120 Å². The van der Waals surface area contributed by atoms with E-state index in [9.17, 15) is 19.5 Å². The normalized spacial score (nSPS) is 25.3. The molecule has 2 aliphatic rings. The molecule has 2 rings (SSSR count). The monoisotopic (exact) mass is 300 g/mol. The molecular weight excluding hydrogens is 284 g/mol. The second-order valence-electron chi connectivity index (χ2n) is 4.70. The molecule has 1 fully saturated rings. The highest BCUT2D eigenvalue weighted by Crippen LogP contribution is 2.39. The van der Waals surface area contributed by atoms with Crippen molar-refractivity contribution in [1.82, 2.24) is 4.90 Å². The summed E-state index contributed by atoms with van der Waals surface area (Å²) in [6, 6.07) is -0.630. The van der Waals surface area contributed by atoms with Gasteiger partial charge in [-0.25, -0.2) is 4.79 Å². The van der Waals surface area contributed by atoms with Crippen molar-refractivity contribution in [2.24, 2.45) is 5.73 Å². The number of carboxylic acid groups (broad SMARTS) is 1. The summed E-state index contributed by atoms with van der Waals surface area (Å²) >= 11 is 1.43. The van der Waals surface area contributed by atoms with Crippen molar-refractivity contribution in [2.45, 2.75) is 24.8 Å². The van der Waals surface area contributed by atoms with Crippen LogP contribution in [-0.4, -0.2) is 58.0 Å². The number of carbonyl (C=O) groups is 3. The molecule has 1 amide bonds. The minimum atomic E-state index is -1.15. The molecule has 0 aromatic heterocycles. The Hall–Kier alpha value is -1.38. The molecule has 3 N–H and O–H groups in total. The van der Waals surface area contributed by atoms with Crippen LogP contribution in [0.5, 0.6) is 0 Å². The van der Waals surface area contributed by atoms with Gasteiger partial charge in [0, 0.05) is 12.2 Å². The van der Waals surface area contributed by atoms with Crippen LogP contribution in [0, 0.1) is 0 Å². The third-order valence-electron chi connectivity index (χ3n) is 3.17. The molecule has 0 aliphatic carbocycles. The molecule has 7 nitrogen and oxygen atoms in total. The number of nitrogens with zero attached hydrogens (tertiary/aromatic N) is 1. The second-order valence-corrected chi connectivity index (χ2v) is 5.80. The summed E-state index contributed by atoms with van der Waals surface area (Å²) < 4.78 is 5.31. The van der Waals surface area contributed by atoms with Crippen molar-refractivity contribution < 1.29 is 24.2 Å². The number of β-lactam (4-membered cyclic amide) rings is 1. The molecule has 2 heterocycles. The Morgan fingerprint density at radius 2 is 2.25 bits per heavy atom. The van der Waals surface area contributed by atoms with E-state index in [1.807, 2.05) is 0 Å². The van der Waals surface area contributed by atoms with Gasteiger partial charge in [0.1, 0.15) is 22.9 Å². The number of ether oxygens (including phenoxy) is 1. The lowest BCUT2D eigenvalue weighted by molar-refractivity contribution is -0.148. The Morgan fingerprint density at radius 3 is 2.85 bits per heavy atom. The van der Waals surface area contributed by atoms with Gasteiger partial charge in [0.05, 0.1) is 13.2 Å². The zero-order chi connectivity index (χ0) is 14.9. The number of ketones is 1. The molecule has 1 saturated heterocycles. The van der Waals surface area contributed by atoms with Crippen molar-refractivity contribution in [3.63, 3.8) is 0 Å². The van der Waals surface area contributed by atoms with E-state index in [-0.39, 0.29) is 36.0 Å². The predicted octanol–water partition coefficient (Wildman–Crippen LogP) is -0.437. The summed E-state index contributed by atoms with van der Waals surface area (Å²) in [5.74, 6) is -1.05. The summed E-state index contributed by atoms with van der Waals surface area (Å²) in [6.45, 7) is 1.81. The maximum Gasteiger partial charge on any atom is 0.352 e. The first-order chi connectivity index (χ1) is 9.43. The van der Waals surface area contributed by atoms with Gasteiger partial charge in [-0.2, -0.15) is 0 Å². The van der Waals surface area contributed by atoms with E-state index < -0.39 is 12.0 Å². The van der Waals surface area contributed by atoms with Gasteiger partial charge in [-0.05, 0) is 12.5 Å². The summed E-state index contributed by atoms with van der Waals surface area (Å²) in [7, 11) is 0. The van der Waals surface area contributed by atoms with Gasteiger partial charge in [-0.1, -0.05) is 0 Å². The molecule has 2 aliphatic heterocycles. The van der Waals surface area contributed by atoms with E-state index in [4.69, 9.17) is 10.5 Å². The van der Waals surface area contributed by atoms with E-state index in [0.29, 0.717) is 17.7 Å². The highest BCUT2D eigenvalue weighted by atomic mass is 32.2. The molecule has 0 unspecified atom stereocenters. The molecule has 20 heavy (non-hydrogen) atoms. The van der Waals surface area contributed by atoms with Crippen LogP contribution >= 0.6 is 11.8 Å². The van der Waals surface area contributed by atoms with E-state index in [2.05, 4.69) is 0 Å². The summed E-state index contributed by atoms with van der Waals surface area (Å²) in [5.41, 5.74) is 6.16. The largest absolute Gasteiger partial charge is 0.477 e. The number of thioether (sulfide) groups is 1. The van der Waals surface area contributed by atoms with Crippen LogP contribution in [0.25, 0.3) is 0 Å². The molecule has 110 valence electrons. The standard InChI is InChI=1S/C12H16N2O5S/c1-6(15)2-3-19-4-7-5-20-11-8(13)10(16)14(11)9(7)12(17)18/h8,11H,2-5,13H2,1H3,(H,17,18)/t8-,11+/m1/s1. The van der Waals surface area contributed by atoms with Crippen molar-refractivity contribution in [2.75, 3.05) is 19.0 Å². The van der Waals surface area contributed by atoms with E-state index in [1.165, 1.54) is 23.6 Å². The van der Waals surface area contributed by atoms with Crippen LogP contribution in [0.4, 0.5) is 0 Å². The fraction of sp³-hybridized carbons (Fsp3) is 0.583. The highest BCUT2D eigenvalue weighted by molar-refractivity contribution is 8.00. The number of fused-ring (bicyclic) bond motifs is 1. The van der Waals surface area contributed by atoms with Crippen LogP contribution < -0.4 is 5.73 Å². The van der Waals surface area contributed by atoms with Crippen molar-refractivity contribution in [1.29, 1.82) is 0 Å². The van der Waals surface area contributed by atoms with Crippen molar-refractivity contribution >= 4 is 29.4 Å². The van der Waals surface area contributed by atoms with Crippen LogP contribution in [-0.2, 0) is 19.1 Å².